The third-order valence-electron chi connectivity index (χ3n) is 4.87. The lowest BCUT2D eigenvalue weighted by Crippen LogP contribution is -2.26. The lowest BCUT2D eigenvalue weighted by Gasteiger charge is -2.10. The van der Waals surface area contributed by atoms with Crippen molar-refractivity contribution in [3.05, 3.63) is 83.3 Å². The number of hydrogen-bond acceptors (Lipinski definition) is 4. The first-order valence-electron chi connectivity index (χ1n) is 9.60. The van der Waals surface area contributed by atoms with Gasteiger partial charge in [-0.2, -0.15) is 0 Å². The smallest absolute Gasteiger partial charge is 0.270 e. The molecule has 4 rings (SSSR count). The molecule has 146 valence electrons. The zero-order chi connectivity index (χ0) is 20.2. The Morgan fingerprint density at radius 3 is 2.83 bits per heavy atom. The minimum Gasteiger partial charge on any atom is -0.361 e. The molecule has 0 aliphatic rings. The molecule has 4 aromatic rings. The molecule has 0 fully saturated rings. The number of aromatic nitrogens is 3. The molecule has 29 heavy (non-hydrogen) atoms. The van der Waals surface area contributed by atoms with Crippen LogP contribution in [0.1, 0.15) is 27.2 Å². The molecule has 6 nitrogen and oxygen atoms in total. The number of carbonyl (C=O) groups excluding carboxylic acids is 1. The summed E-state index contributed by atoms with van der Waals surface area (Å²) in [4.78, 5) is 24.4. The Labute approximate surface area is 169 Å². The van der Waals surface area contributed by atoms with Crippen molar-refractivity contribution in [2.75, 3.05) is 11.9 Å². The maximum absolute atomic E-state index is 12.5. The van der Waals surface area contributed by atoms with Crippen LogP contribution in [0.15, 0.2) is 60.9 Å². The van der Waals surface area contributed by atoms with Gasteiger partial charge < -0.3 is 15.6 Å². The fourth-order valence-corrected chi connectivity index (χ4v) is 3.36. The number of carbonyl (C=O) groups is 1. The highest BCUT2D eigenvalue weighted by Gasteiger charge is 2.10. The minimum atomic E-state index is -0.212. The van der Waals surface area contributed by atoms with Gasteiger partial charge in [-0.05, 0) is 49.6 Å². The second-order valence-corrected chi connectivity index (χ2v) is 7.07. The summed E-state index contributed by atoms with van der Waals surface area (Å²) in [6.45, 7) is 4.61. The van der Waals surface area contributed by atoms with E-state index in [9.17, 15) is 4.79 Å². The van der Waals surface area contributed by atoms with Crippen LogP contribution in [0, 0.1) is 13.8 Å². The SMILES string of the molecule is Cc1ccc(Nc2nccc(C(=O)NCCc3c[nH]c4ccccc34)n2)c(C)c1. The molecule has 0 atom stereocenters. The van der Waals surface area contributed by atoms with Crippen molar-refractivity contribution in [2.45, 2.75) is 20.3 Å². The summed E-state index contributed by atoms with van der Waals surface area (Å²) in [6.07, 6.45) is 4.33. The van der Waals surface area contributed by atoms with Crippen molar-refractivity contribution >= 4 is 28.4 Å². The molecule has 2 heterocycles. The van der Waals surface area contributed by atoms with Gasteiger partial charge in [-0.25, -0.2) is 9.97 Å². The fraction of sp³-hybridized carbons (Fsp3) is 0.174. The highest BCUT2D eigenvalue weighted by molar-refractivity contribution is 5.92. The van der Waals surface area contributed by atoms with Gasteiger partial charge in [-0.1, -0.05) is 35.9 Å². The van der Waals surface area contributed by atoms with E-state index < -0.39 is 0 Å². The molecule has 0 aliphatic carbocycles. The van der Waals surface area contributed by atoms with Crippen molar-refractivity contribution < 1.29 is 4.79 Å². The average molecular weight is 385 g/mol. The van der Waals surface area contributed by atoms with Crippen LogP contribution < -0.4 is 10.6 Å². The number of anilines is 2. The quantitative estimate of drug-likeness (QED) is 0.462. The number of H-pyrrole nitrogens is 1. The fourth-order valence-electron chi connectivity index (χ4n) is 3.36. The van der Waals surface area contributed by atoms with Crippen molar-refractivity contribution in [1.29, 1.82) is 0 Å². The molecule has 3 N–H and O–H groups in total. The van der Waals surface area contributed by atoms with Crippen LogP contribution in [0.25, 0.3) is 10.9 Å². The number of nitrogens with one attached hydrogen (secondary N) is 3. The molecule has 0 unspecified atom stereocenters. The number of fused-ring (bicyclic) bond motifs is 1. The van der Waals surface area contributed by atoms with Crippen LogP contribution >= 0.6 is 0 Å². The number of amides is 1. The Balaban J connectivity index is 1.39. The Bertz CT molecular complexity index is 1160. The van der Waals surface area contributed by atoms with Crippen LogP contribution in [0.3, 0.4) is 0 Å². The van der Waals surface area contributed by atoms with E-state index in [-0.39, 0.29) is 5.91 Å². The predicted molar refractivity (Wildman–Crippen MR) is 116 cm³/mol. The van der Waals surface area contributed by atoms with Crippen molar-refractivity contribution in [3.8, 4) is 0 Å². The van der Waals surface area contributed by atoms with Gasteiger partial charge in [0.2, 0.25) is 5.95 Å². The van der Waals surface area contributed by atoms with Crippen LogP contribution in [0.4, 0.5) is 11.6 Å². The van der Waals surface area contributed by atoms with E-state index in [0.29, 0.717) is 18.2 Å². The number of nitrogens with zero attached hydrogens (tertiary/aromatic N) is 2. The third-order valence-corrected chi connectivity index (χ3v) is 4.87. The number of hydrogen-bond donors (Lipinski definition) is 3. The predicted octanol–water partition coefficient (Wildman–Crippen LogP) is 4.29. The molecule has 2 aromatic carbocycles. The van der Waals surface area contributed by atoms with Gasteiger partial charge in [0.05, 0.1) is 0 Å². The topological polar surface area (TPSA) is 82.7 Å². The maximum atomic E-state index is 12.5. The molecule has 0 bridgehead atoms. The molecule has 0 saturated carbocycles. The number of para-hydroxylation sites is 1. The van der Waals surface area contributed by atoms with E-state index >= 15 is 0 Å². The Kier molecular flexibility index (Phi) is 5.24. The Morgan fingerprint density at radius 1 is 1.10 bits per heavy atom. The first kappa shape index (κ1) is 18.7. The average Bonchev–Trinajstić information content (AvgIpc) is 3.13. The molecule has 2 aromatic heterocycles. The van der Waals surface area contributed by atoms with E-state index in [1.165, 1.54) is 16.5 Å². The van der Waals surface area contributed by atoms with Gasteiger partial charge in [-0.15, -0.1) is 0 Å². The molecular formula is C23H23N5O. The lowest BCUT2D eigenvalue weighted by atomic mass is 10.1. The lowest BCUT2D eigenvalue weighted by molar-refractivity contribution is 0.0949. The number of rotatable bonds is 6. The molecule has 0 saturated heterocycles. The van der Waals surface area contributed by atoms with E-state index in [4.69, 9.17) is 0 Å². The summed E-state index contributed by atoms with van der Waals surface area (Å²) in [5.41, 5.74) is 5.84. The van der Waals surface area contributed by atoms with Crippen LogP contribution in [0.2, 0.25) is 0 Å². The Morgan fingerprint density at radius 2 is 1.97 bits per heavy atom. The highest BCUT2D eigenvalue weighted by atomic mass is 16.1. The third kappa shape index (κ3) is 4.27. The summed E-state index contributed by atoms with van der Waals surface area (Å²) in [6, 6.07) is 15.9. The largest absolute Gasteiger partial charge is 0.361 e. The molecule has 0 radical (unpaired) electrons. The molecule has 1 amide bonds. The maximum Gasteiger partial charge on any atom is 0.270 e. The first-order valence-corrected chi connectivity index (χ1v) is 9.60. The van der Waals surface area contributed by atoms with Gasteiger partial charge in [-0.3, -0.25) is 4.79 Å². The molecule has 6 heteroatoms. The van der Waals surface area contributed by atoms with E-state index in [2.05, 4.69) is 44.6 Å². The van der Waals surface area contributed by atoms with Crippen LogP contribution in [-0.4, -0.2) is 27.4 Å². The molecular weight excluding hydrogens is 362 g/mol. The van der Waals surface area contributed by atoms with Gasteiger partial charge in [0.15, 0.2) is 0 Å². The zero-order valence-electron chi connectivity index (χ0n) is 16.5. The van der Waals surface area contributed by atoms with Crippen molar-refractivity contribution in [1.82, 2.24) is 20.3 Å². The normalized spacial score (nSPS) is 10.8. The van der Waals surface area contributed by atoms with Gasteiger partial charge >= 0.3 is 0 Å². The standard InChI is InChI=1S/C23H23N5O/c1-15-7-8-19(16(2)13-15)27-23-25-12-10-21(28-23)22(29)24-11-9-17-14-26-20-6-4-3-5-18(17)20/h3-8,10,12-14,26H,9,11H2,1-2H3,(H,24,29)(H,25,27,28). The summed E-state index contributed by atoms with van der Waals surface area (Å²) < 4.78 is 0. The van der Waals surface area contributed by atoms with Crippen LogP contribution in [0.5, 0.6) is 0 Å². The van der Waals surface area contributed by atoms with E-state index in [1.807, 2.05) is 43.5 Å². The summed E-state index contributed by atoms with van der Waals surface area (Å²) in [5.74, 6) is 0.192. The highest BCUT2D eigenvalue weighted by Crippen LogP contribution is 2.20. The summed E-state index contributed by atoms with van der Waals surface area (Å²) >= 11 is 0. The van der Waals surface area contributed by atoms with E-state index in [0.717, 1.165) is 23.2 Å². The minimum absolute atomic E-state index is 0.212. The molecule has 0 spiro atoms. The van der Waals surface area contributed by atoms with Gasteiger partial charge in [0, 0.05) is 35.5 Å². The Hall–Kier alpha value is -3.67. The number of aryl methyl sites for hydroxylation is 2. The monoisotopic (exact) mass is 385 g/mol. The van der Waals surface area contributed by atoms with Crippen LogP contribution in [-0.2, 0) is 6.42 Å². The second-order valence-electron chi connectivity index (χ2n) is 7.07. The number of aromatic amines is 1. The molecule has 0 aliphatic heterocycles. The van der Waals surface area contributed by atoms with Crippen molar-refractivity contribution in [3.63, 3.8) is 0 Å². The van der Waals surface area contributed by atoms with E-state index in [1.54, 1.807) is 12.3 Å². The number of benzene rings is 2. The first-order chi connectivity index (χ1) is 14.1. The zero-order valence-corrected chi connectivity index (χ0v) is 16.5. The second kappa shape index (κ2) is 8.14. The summed E-state index contributed by atoms with van der Waals surface area (Å²) in [7, 11) is 0. The van der Waals surface area contributed by atoms with Crippen molar-refractivity contribution in [2.24, 2.45) is 0 Å². The van der Waals surface area contributed by atoms with Gasteiger partial charge in [0.25, 0.3) is 5.91 Å². The van der Waals surface area contributed by atoms with Gasteiger partial charge in [0.1, 0.15) is 5.69 Å². The summed E-state index contributed by atoms with van der Waals surface area (Å²) in [5, 5.41) is 7.31.